The molecule has 2 aromatic rings. The third-order valence-corrected chi connectivity index (χ3v) is 5.71. The highest BCUT2D eigenvalue weighted by molar-refractivity contribution is 6.46. The van der Waals surface area contributed by atoms with Crippen molar-refractivity contribution >= 4 is 17.4 Å². The number of amides is 1. The quantitative estimate of drug-likeness (QED) is 0.339. The second-order valence-electron chi connectivity index (χ2n) is 7.95. The lowest BCUT2D eigenvalue weighted by atomic mass is 9.94. The molecular formula is C25H30N2O7. The number of nitrogens with zero attached hydrogens (tertiary/aromatic N) is 2. The molecule has 0 saturated carbocycles. The number of ether oxygens (including phenoxy) is 4. The standard InChI is InChI=1S/C25H30N2O7/c1-26(2)12-13-27-21(16-8-7-9-18(32-4)24(16)34-6)20(23(29)25(27)30)22(28)15-10-11-17(31-3)19(14-15)33-5/h7-11,14,21,28H,12-13H2,1-6H3/b22-20+. The van der Waals surface area contributed by atoms with E-state index >= 15 is 0 Å². The molecule has 2 aromatic carbocycles. The minimum Gasteiger partial charge on any atom is -0.507 e. The smallest absolute Gasteiger partial charge is 0.295 e. The molecule has 0 spiro atoms. The van der Waals surface area contributed by atoms with Gasteiger partial charge in [0.25, 0.3) is 11.7 Å². The summed E-state index contributed by atoms with van der Waals surface area (Å²) in [7, 11) is 9.73. The molecule has 1 heterocycles. The Morgan fingerprint density at radius 3 is 2.21 bits per heavy atom. The average molecular weight is 471 g/mol. The van der Waals surface area contributed by atoms with Gasteiger partial charge in [-0.2, -0.15) is 0 Å². The Hall–Kier alpha value is -3.72. The van der Waals surface area contributed by atoms with Gasteiger partial charge in [-0.1, -0.05) is 12.1 Å². The third kappa shape index (κ3) is 4.51. The number of carbonyl (C=O) groups is 2. The van der Waals surface area contributed by atoms with E-state index in [0.29, 0.717) is 40.7 Å². The minimum atomic E-state index is -0.877. The van der Waals surface area contributed by atoms with Crippen molar-refractivity contribution in [1.82, 2.24) is 9.80 Å². The van der Waals surface area contributed by atoms with Gasteiger partial charge in [-0.05, 0) is 38.4 Å². The van der Waals surface area contributed by atoms with Crippen LogP contribution in [0.25, 0.3) is 5.76 Å². The molecule has 0 radical (unpaired) electrons. The Bertz CT molecular complexity index is 1110. The molecular weight excluding hydrogens is 440 g/mol. The molecule has 0 bridgehead atoms. The Balaban J connectivity index is 2.26. The summed E-state index contributed by atoms with van der Waals surface area (Å²) in [6.45, 7) is 0.789. The summed E-state index contributed by atoms with van der Waals surface area (Å²) < 4.78 is 21.6. The first-order chi connectivity index (χ1) is 16.3. The molecule has 9 heteroatoms. The van der Waals surface area contributed by atoms with Gasteiger partial charge in [0.1, 0.15) is 5.76 Å². The second kappa shape index (κ2) is 10.5. The fraction of sp³-hybridized carbons (Fsp3) is 0.360. The number of ketones is 1. The maximum atomic E-state index is 13.2. The number of benzene rings is 2. The van der Waals surface area contributed by atoms with Gasteiger partial charge in [-0.15, -0.1) is 0 Å². The van der Waals surface area contributed by atoms with Crippen molar-refractivity contribution in [1.29, 1.82) is 0 Å². The average Bonchev–Trinajstić information content (AvgIpc) is 3.10. The largest absolute Gasteiger partial charge is 0.507 e. The highest BCUT2D eigenvalue weighted by atomic mass is 16.5. The Morgan fingerprint density at radius 1 is 0.941 bits per heavy atom. The van der Waals surface area contributed by atoms with E-state index in [1.54, 1.807) is 36.4 Å². The maximum absolute atomic E-state index is 13.2. The first-order valence-corrected chi connectivity index (χ1v) is 10.6. The van der Waals surface area contributed by atoms with E-state index in [4.69, 9.17) is 18.9 Å². The molecule has 1 N–H and O–H groups in total. The number of hydrogen-bond acceptors (Lipinski definition) is 8. The topological polar surface area (TPSA) is 97.8 Å². The van der Waals surface area contributed by atoms with Crippen LogP contribution in [0.2, 0.25) is 0 Å². The first-order valence-electron chi connectivity index (χ1n) is 10.6. The van der Waals surface area contributed by atoms with Gasteiger partial charge >= 0.3 is 0 Å². The minimum absolute atomic E-state index is 0.0393. The van der Waals surface area contributed by atoms with Crippen LogP contribution in [0, 0.1) is 0 Å². The van der Waals surface area contributed by atoms with E-state index in [1.807, 2.05) is 19.0 Å². The monoisotopic (exact) mass is 470 g/mol. The van der Waals surface area contributed by atoms with Crippen LogP contribution in [0.4, 0.5) is 0 Å². The number of likely N-dealkylation sites (tertiary alicyclic amines) is 1. The molecule has 0 aromatic heterocycles. The van der Waals surface area contributed by atoms with Crippen LogP contribution < -0.4 is 18.9 Å². The highest BCUT2D eigenvalue weighted by Crippen LogP contribution is 2.45. The molecule has 3 rings (SSSR count). The van der Waals surface area contributed by atoms with Gasteiger partial charge in [0.05, 0.1) is 40.1 Å². The van der Waals surface area contributed by atoms with E-state index in [2.05, 4.69) is 0 Å². The van der Waals surface area contributed by atoms with Crippen molar-refractivity contribution in [2.45, 2.75) is 6.04 Å². The van der Waals surface area contributed by atoms with Crippen LogP contribution in [0.3, 0.4) is 0 Å². The molecule has 1 aliphatic rings. The lowest BCUT2D eigenvalue weighted by molar-refractivity contribution is -0.140. The number of methoxy groups -OCH3 is 4. The van der Waals surface area contributed by atoms with Crippen molar-refractivity contribution in [3.8, 4) is 23.0 Å². The summed E-state index contributed by atoms with van der Waals surface area (Å²) in [5.41, 5.74) is 0.805. The summed E-state index contributed by atoms with van der Waals surface area (Å²) in [6.07, 6.45) is 0. The molecule has 1 fully saturated rings. The molecule has 1 saturated heterocycles. The number of aliphatic hydroxyl groups excluding tert-OH is 1. The fourth-order valence-corrected chi connectivity index (χ4v) is 4.01. The number of carbonyl (C=O) groups excluding carboxylic acids is 2. The maximum Gasteiger partial charge on any atom is 0.295 e. The van der Waals surface area contributed by atoms with Crippen molar-refractivity contribution < 1.29 is 33.6 Å². The van der Waals surface area contributed by atoms with Gasteiger partial charge in [-0.3, -0.25) is 9.59 Å². The fourth-order valence-electron chi connectivity index (χ4n) is 4.01. The molecule has 0 aliphatic carbocycles. The number of Topliss-reactive ketones (excluding diaryl/α,β-unsaturated/α-hetero) is 1. The van der Waals surface area contributed by atoms with Gasteiger partial charge in [-0.25, -0.2) is 0 Å². The highest BCUT2D eigenvalue weighted by Gasteiger charge is 2.47. The number of para-hydroxylation sites is 1. The zero-order chi connectivity index (χ0) is 25.0. The number of rotatable bonds is 9. The first kappa shape index (κ1) is 24.9. The number of hydrogen-bond donors (Lipinski definition) is 1. The second-order valence-corrected chi connectivity index (χ2v) is 7.95. The third-order valence-electron chi connectivity index (χ3n) is 5.71. The zero-order valence-electron chi connectivity index (χ0n) is 20.2. The Morgan fingerprint density at radius 2 is 1.62 bits per heavy atom. The molecule has 1 atom stereocenters. The van der Waals surface area contributed by atoms with Crippen molar-refractivity contribution in [2.75, 3.05) is 55.6 Å². The predicted molar refractivity (Wildman–Crippen MR) is 127 cm³/mol. The van der Waals surface area contributed by atoms with E-state index in [-0.39, 0.29) is 17.9 Å². The molecule has 182 valence electrons. The molecule has 9 nitrogen and oxygen atoms in total. The van der Waals surface area contributed by atoms with E-state index in [0.717, 1.165) is 0 Å². The van der Waals surface area contributed by atoms with Crippen LogP contribution in [0.15, 0.2) is 42.0 Å². The SMILES string of the molecule is COc1ccc(/C(O)=C2\C(=O)C(=O)N(CCN(C)C)C2c2cccc(OC)c2OC)cc1OC. The summed E-state index contributed by atoms with van der Waals surface area (Å²) in [4.78, 5) is 29.7. The van der Waals surface area contributed by atoms with E-state index in [9.17, 15) is 14.7 Å². The normalized spacial score (nSPS) is 17.3. The van der Waals surface area contributed by atoms with Crippen molar-refractivity contribution in [2.24, 2.45) is 0 Å². The summed E-state index contributed by atoms with van der Waals surface area (Å²) in [5, 5.41) is 11.3. The van der Waals surface area contributed by atoms with Crippen LogP contribution >= 0.6 is 0 Å². The van der Waals surface area contributed by atoms with Crippen LogP contribution in [0.5, 0.6) is 23.0 Å². The lowest BCUT2D eigenvalue weighted by Gasteiger charge is -2.28. The Labute approximate surface area is 199 Å². The van der Waals surface area contributed by atoms with E-state index in [1.165, 1.54) is 33.3 Å². The molecule has 1 unspecified atom stereocenters. The molecule has 34 heavy (non-hydrogen) atoms. The zero-order valence-corrected chi connectivity index (χ0v) is 20.2. The summed E-state index contributed by atoms with van der Waals surface area (Å²) in [5.74, 6) is -0.115. The van der Waals surface area contributed by atoms with E-state index < -0.39 is 17.7 Å². The van der Waals surface area contributed by atoms with Gasteiger partial charge in [0.2, 0.25) is 0 Å². The van der Waals surface area contributed by atoms with Crippen molar-refractivity contribution in [3.05, 3.63) is 53.1 Å². The number of likely N-dealkylation sites (N-methyl/N-ethyl adjacent to an activating group) is 1. The van der Waals surface area contributed by atoms with Crippen molar-refractivity contribution in [3.63, 3.8) is 0 Å². The molecule has 1 amide bonds. The van der Waals surface area contributed by atoms with Gasteiger partial charge in [0.15, 0.2) is 23.0 Å². The molecule has 1 aliphatic heterocycles. The summed E-state index contributed by atoms with van der Waals surface area (Å²) >= 11 is 0. The number of aliphatic hydroxyl groups is 1. The lowest BCUT2D eigenvalue weighted by Crippen LogP contribution is -2.35. The Kier molecular flexibility index (Phi) is 7.68. The van der Waals surface area contributed by atoms with Crippen LogP contribution in [-0.2, 0) is 9.59 Å². The van der Waals surface area contributed by atoms with Crippen LogP contribution in [0.1, 0.15) is 17.2 Å². The van der Waals surface area contributed by atoms with Gasteiger partial charge in [0, 0.05) is 24.2 Å². The van der Waals surface area contributed by atoms with Crippen LogP contribution in [-0.4, -0.2) is 82.2 Å². The summed E-state index contributed by atoms with van der Waals surface area (Å²) in [6, 6.07) is 9.13. The predicted octanol–water partition coefficient (Wildman–Crippen LogP) is 2.70. The van der Waals surface area contributed by atoms with Gasteiger partial charge < -0.3 is 33.9 Å².